The summed E-state index contributed by atoms with van der Waals surface area (Å²) in [6, 6.07) is 14.3. The van der Waals surface area contributed by atoms with E-state index in [1.165, 1.54) is 24.3 Å². The Hall–Kier alpha value is -3.27. The third kappa shape index (κ3) is 4.43. The van der Waals surface area contributed by atoms with Crippen molar-refractivity contribution < 1.29 is 35.5 Å². The van der Waals surface area contributed by atoms with Gasteiger partial charge in [-0.25, -0.2) is 21.6 Å². The summed E-state index contributed by atoms with van der Waals surface area (Å²) in [5.41, 5.74) is -0.0395. The molecule has 0 unspecified atom stereocenters. The first-order valence-corrected chi connectivity index (χ1v) is 10.6. The van der Waals surface area contributed by atoms with Gasteiger partial charge in [-0.15, -0.1) is 0 Å². The van der Waals surface area contributed by atoms with Gasteiger partial charge in [-0.1, -0.05) is 18.2 Å². The maximum atomic E-state index is 14.4. The second kappa shape index (κ2) is 8.10. The van der Waals surface area contributed by atoms with Crippen molar-refractivity contribution in [1.29, 1.82) is 0 Å². The van der Waals surface area contributed by atoms with Crippen molar-refractivity contribution in [3.8, 4) is 17.2 Å². The molecule has 0 bridgehead atoms. The van der Waals surface area contributed by atoms with Gasteiger partial charge in [0.1, 0.15) is 11.5 Å². The second-order valence-electron chi connectivity index (χ2n) is 6.78. The maximum Gasteiger partial charge on any atom is 0.268 e. The topological polar surface area (TPSA) is 64.6 Å². The van der Waals surface area contributed by atoms with Crippen LogP contribution in [0.2, 0.25) is 0 Å². The van der Waals surface area contributed by atoms with Gasteiger partial charge in [0.2, 0.25) is 11.6 Å². The van der Waals surface area contributed by atoms with E-state index in [4.69, 9.17) is 9.47 Å². The number of nitrogens with one attached hydrogen (secondary N) is 1. The molecule has 162 valence electrons. The van der Waals surface area contributed by atoms with Gasteiger partial charge < -0.3 is 9.47 Å². The number of sulfonamides is 1. The third-order valence-corrected chi connectivity index (χ3v) is 5.75. The predicted molar refractivity (Wildman–Crippen MR) is 104 cm³/mol. The lowest BCUT2D eigenvalue weighted by Gasteiger charge is -2.16. The lowest BCUT2D eigenvalue weighted by Crippen LogP contribution is -2.19. The van der Waals surface area contributed by atoms with Crippen LogP contribution in [0, 0.1) is 23.3 Å². The highest BCUT2D eigenvalue weighted by Gasteiger charge is 2.37. The summed E-state index contributed by atoms with van der Waals surface area (Å²) in [6.07, 6.45) is 0.313. The molecular weight excluding hydrogens is 438 g/mol. The Bertz CT molecular complexity index is 1210. The molecule has 0 atom stereocenters. The zero-order chi connectivity index (χ0) is 22.2. The van der Waals surface area contributed by atoms with Crippen molar-refractivity contribution in [2.45, 2.75) is 23.8 Å². The fraction of sp³-hybridized carbons (Fsp3) is 0.143. The zero-order valence-electron chi connectivity index (χ0n) is 15.7. The lowest BCUT2D eigenvalue weighted by atomic mass is 10.3. The first-order valence-electron chi connectivity index (χ1n) is 9.14. The number of halogens is 4. The van der Waals surface area contributed by atoms with Crippen molar-refractivity contribution in [3.63, 3.8) is 0 Å². The summed E-state index contributed by atoms with van der Waals surface area (Å²) >= 11 is 0. The summed E-state index contributed by atoms with van der Waals surface area (Å²) in [5, 5.41) is 0. The van der Waals surface area contributed by atoms with Gasteiger partial charge in [0, 0.05) is 5.69 Å². The fourth-order valence-corrected chi connectivity index (χ4v) is 3.97. The summed E-state index contributed by atoms with van der Waals surface area (Å²) < 4.78 is 94.1. The number of para-hydroxylation sites is 1. The number of hydrogen-bond donors (Lipinski definition) is 1. The Morgan fingerprint density at radius 1 is 0.774 bits per heavy atom. The van der Waals surface area contributed by atoms with Gasteiger partial charge in [-0.2, -0.15) is 4.39 Å². The van der Waals surface area contributed by atoms with E-state index in [0.29, 0.717) is 24.3 Å². The van der Waals surface area contributed by atoms with Gasteiger partial charge in [-0.05, 0) is 49.2 Å². The summed E-state index contributed by atoms with van der Waals surface area (Å²) in [7, 11) is -4.86. The number of ether oxygens (including phenoxy) is 2. The largest absolute Gasteiger partial charge is 0.486 e. The van der Waals surface area contributed by atoms with Gasteiger partial charge in [-0.3, -0.25) is 4.72 Å². The van der Waals surface area contributed by atoms with Crippen molar-refractivity contribution in [2.75, 3.05) is 4.72 Å². The molecule has 1 aliphatic rings. The highest BCUT2D eigenvalue weighted by atomic mass is 32.2. The van der Waals surface area contributed by atoms with E-state index in [2.05, 4.69) is 0 Å². The van der Waals surface area contributed by atoms with Crippen LogP contribution >= 0.6 is 0 Å². The molecule has 1 N–H and O–H groups in total. The molecule has 3 aromatic rings. The normalized spacial score (nSPS) is 13.7. The molecule has 31 heavy (non-hydrogen) atoms. The standard InChI is InChI=1S/C21H15F4NO4S/c22-16-17(23)19(25)21(20(18(16)24)30-15-10-11-15)31(27,28)26-12-6-8-14(9-7-12)29-13-4-2-1-3-5-13/h1-9,15,26H,10-11H2. The van der Waals surface area contributed by atoms with Gasteiger partial charge in [0.05, 0.1) is 6.10 Å². The van der Waals surface area contributed by atoms with Gasteiger partial charge >= 0.3 is 0 Å². The Balaban J connectivity index is 1.63. The van der Waals surface area contributed by atoms with Crippen molar-refractivity contribution >= 4 is 15.7 Å². The molecule has 4 rings (SSSR count). The van der Waals surface area contributed by atoms with Crippen LogP contribution < -0.4 is 14.2 Å². The maximum absolute atomic E-state index is 14.4. The molecule has 0 saturated heterocycles. The van der Waals surface area contributed by atoms with Crippen LogP contribution in [0.15, 0.2) is 59.5 Å². The Kier molecular flexibility index (Phi) is 5.48. The molecule has 5 nitrogen and oxygen atoms in total. The van der Waals surface area contributed by atoms with E-state index < -0.39 is 50.0 Å². The van der Waals surface area contributed by atoms with Gasteiger partial charge in [0.15, 0.2) is 22.3 Å². The van der Waals surface area contributed by atoms with Crippen LogP contribution in [-0.4, -0.2) is 14.5 Å². The second-order valence-corrected chi connectivity index (χ2v) is 8.40. The van der Waals surface area contributed by atoms with Crippen LogP contribution in [0.4, 0.5) is 23.2 Å². The minimum absolute atomic E-state index is 0.0395. The zero-order valence-corrected chi connectivity index (χ0v) is 16.6. The molecule has 1 fully saturated rings. The lowest BCUT2D eigenvalue weighted by molar-refractivity contribution is 0.262. The Labute approximate surface area is 175 Å². The molecule has 0 amide bonds. The smallest absolute Gasteiger partial charge is 0.268 e. The summed E-state index contributed by atoms with van der Waals surface area (Å²) in [6.45, 7) is 0. The SMILES string of the molecule is O=S(=O)(Nc1ccc(Oc2ccccc2)cc1)c1c(F)c(F)c(F)c(F)c1OC1CC1. The van der Waals surface area contributed by atoms with Crippen LogP contribution in [0.5, 0.6) is 17.2 Å². The number of anilines is 1. The predicted octanol–water partition coefficient (Wildman–Crippen LogP) is 5.38. The van der Waals surface area contributed by atoms with E-state index in [1.807, 2.05) is 10.8 Å². The molecule has 0 aromatic heterocycles. The van der Waals surface area contributed by atoms with Crippen LogP contribution in [0.25, 0.3) is 0 Å². The monoisotopic (exact) mass is 453 g/mol. The molecule has 10 heteroatoms. The molecule has 1 aliphatic carbocycles. The quantitative estimate of drug-likeness (QED) is 0.297. The van der Waals surface area contributed by atoms with Crippen LogP contribution in [0.1, 0.15) is 12.8 Å². The molecular formula is C21H15F4NO4S. The van der Waals surface area contributed by atoms with E-state index >= 15 is 0 Å². The molecule has 0 aliphatic heterocycles. The van der Waals surface area contributed by atoms with Crippen molar-refractivity contribution in [3.05, 3.63) is 77.9 Å². The van der Waals surface area contributed by atoms with Crippen molar-refractivity contribution in [2.24, 2.45) is 0 Å². The van der Waals surface area contributed by atoms with E-state index in [0.717, 1.165) is 0 Å². The number of hydrogen-bond acceptors (Lipinski definition) is 4. The fourth-order valence-electron chi connectivity index (χ4n) is 2.71. The van der Waals surface area contributed by atoms with E-state index in [-0.39, 0.29) is 5.69 Å². The Morgan fingerprint density at radius 2 is 1.35 bits per heavy atom. The number of rotatable bonds is 7. The average molecular weight is 453 g/mol. The summed E-state index contributed by atoms with van der Waals surface area (Å²) in [4.78, 5) is -1.43. The van der Waals surface area contributed by atoms with Crippen molar-refractivity contribution in [1.82, 2.24) is 0 Å². The number of benzene rings is 3. The highest BCUT2D eigenvalue weighted by molar-refractivity contribution is 7.92. The first-order chi connectivity index (χ1) is 14.8. The Morgan fingerprint density at radius 3 is 1.97 bits per heavy atom. The minimum Gasteiger partial charge on any atom is -0.486 e. The molecule has 0 spiro atoms. The molecule has 0 radical (unpaired) electrons. The van der Waals surface area contributed by atoms with Crippen LogP contribution in [0.3, 0.4) is 0 Å². The first kappa shape index (κ1) is 21.0. The molecule has 3 aromatic carbocycles. The van der Waals surface area contributed by atoms with Crippen LogP contribution in [-0.2, 0) is 10.0 Å². The molecule has 1 saturated carbocycles. The minimum atomic E-state index is -4.86. The molecule has 0 heterocycles. The van der Waals surface area contributed by atoms with Gasteiger partial charge in [0.25, 0.3) is 10.0 Å². The summed E-state index contributed by atoms with van der Waals surface area (Å²) in [5.74, 6) is -8.60. The van der Waals surface area contributed by atoms with E-state index in [1.54, 1.807) is 24.3 Å². The highest BCUT2D eigenvalue weighted by Crippen LogP contribution is 2.38. The average Bonchev–Trinajstić information content (AvgIpc) is 3.56. The third-order valence-electron chi connectivity index (χ3n) is 4.35. The van der Waals surface area contributed by atoms with E-state index in [9.17, 15) is 26.0 Å².